The molecule has 1 heterocycles. The van der Waals surface area contributed by atoms with Crippen molar-refractivity contribution in [2.24, 2.45) is 5.92 Å². The number of nitrogens with zero attached hydrogens (tertiary/aromatic N) is 1. The number of carboxylic acid groups (broad SMARTS) is 1. The van der Waals surface area contributed by atoms with E-state index in [4.69, 9.17) is 13.9 Å². The third kappa shape index (κ3) is 6.06. The monoisotopic (exact) mass is 453 g/mol. The second-order valence-corrected chi connectivity index (χ2v) is 8.55. The fourth-order valence-electron chi connectivity index (χ4n) is 4.34. The highest BCUT2D eigenvalue weighted by Gasteiger charge is 2.24. The van der Waals surface area contributed by atoms with Gasteiger partial charge >= 0.3 is 5.97 Å². The molecule has 4 rings (SSSR count). The van der Waals surface area contributed by atoms with Gasteiger partial charge in [0.15, 0.2) is 0 Å². The molecule has 1 aliphatic carbocycles. The van der Waals surface area contributed by atoms with E-state index in [2.05, 4.69) is 4.98 Å². The summed E-state index contributed by atoms with van der Waals surface area (Å²) in [5.41, 5.74) is 3.20. The Labute approximate surface area is 192 Å². The molecule has 0 aliphatic heterocycles. The Balaban J connectivity index is 1.24. The Bertz CT molecular complexity index is 1080. The maximum absolute atomic E-state index is 13.1. The Kier molecular flexibility index (Phi) is 7.52. The van der Waals surface area contributed by atoms with Crippen LogP contribution in [0.5, 0.6) is 0 Å². The van der Waals surface area contributed by atoms with Crippen molar-refractivity contribution in [3.63, 3.8) is 0 Å². The molecule has 1 fully saturated rings. The van der Waals surface area contributed by atoms with E-state index >= 15 is 0 Å². The lowest BCUT2D eigenvalue weighted by molar-refractivity contribution is -0.0182. The molecular formula is C26H28FNO5. The zero-order valence-corrected chi connectivity index (χ0v) is 18.6. The first kappa shape index (κ1) is 23.1. The van der Waals surface area contributed by atoms with E-state index in [0.717, 1.165) is 36.8 Å². The van der Waals surface area contributed by atoms with Crippen molar-refractivity contribution in [3.8, 4) is 11.5 Å². The van der Waals surface area contributed by atoms with Crippen molar-refractivity contribution in [2.75, 3.05) is 6.61 Å². The summed E-state index contributed by atoms with van der Waals surface area (Å²) in [5.74, 6) is -0.401. The molecule has 0 unspecified atom stereocenters. The second kappa shape index (κ2) is 10.7. The van der Waals surface area contributed by atoms with Crippen LogP contribution >= 0.6 is 0 Å². The molecule has 0 bridgehead atoms. The molecule has 3 aromatic rings. The van der Waals surface area contributed by atoms with Crippen LogP contribution in [0.15, 0.2) is 53.1 Å². The Hall–Kier alpha value is -3.03. The number of hydrogen-bond acceptors (Lipinski definition) is 5. The lowest BCUT2D eigenvalue weighted by atomic mass is 9.87. The number of oxazole rings is 1. The molecule has 7 heteroatoms. The highest BCUT2D eigenvalue weighted by molar-refractivity contribution is 5.91. The first-order valence-electron chi connectivity index (χ1n) is 11.2. The average Bonchev–Trinajstić information content (AvgIpc) is 3.27. The predicted octanol–water partition coefficient (Wildman–Crippen LogP) is 5.78. The van der Waals surface area contributed by atoms with Gasteiger partial charge in [0.1, 0.15) is 17.8 Å². The number of halogens is 1. The van der Waals surface area contributed by atoms with Crippen LogP contribution in [0.25, 0.3) is 11.5 Å². The molecule has 2 aromatic carbocycles. The molecular weight excluding hydrogens is 425 g/mol. The summed E-state index contributed by atoms with van der Waals surface area (Å²) in [5, 5.41) is 9.49. The Morgan fingerprint density at radius 3 is 2.79 bits per heavy atom. The molecule has 2 atom stereocenters. The van der Waals surface area contributed by atoms with E-state index < -0.39 is 5.97 Å². The number of hydrogen-bond donors (Lipinski definition) is 1. The van der Waals surface area contributed by atoms with Crippen LogP contribution in [0.4, 0.5) is 4.39 Å². The summed E-state index contributed by atoms with van der Waals surface area (Å²) in [6, 6.07) is 11.5. The molecule has 6 nitrogen and oxygen atoms in total. The molecule has 0 radical (unpaired) electrons. The standard InChI is InChI=1S/C26H28FNO5/c1-17-4-2-6-20(24(17)26(29)30)14-32-23-7-3-5-18(12-23)13-31-15-22-16-33-25(28-22)19-8-10-21(27)11-9-19/h2,4,6,8-11,16,18,23H,3,5,7,12-15H2,1H3,(H,29,30)/t18-,23+/m0/s1. The van der Waals surface area contributed by atoms with E-state index in [1.54, 1.807) is 31.4 Å². The minimum Gasteiger partial charge on any atom is -0.478 e. The smallest absolute Gasteiger partial charge is 0.336 e. The number of rotatable bonds is 9. The van der Waals surface area contributed by atoms with Crippen molar-refractivity contribution < 1.29 is 28.2 Å². The van der Waals surface area contributed by atoms with Gasteiger partial charge in [-0.05, 0) is 67.5 Å². The summed E-state index contributed by atoms with van der Waals surface area (Å²) in [6.45, 7) is 3.05. The first-order chi connectivity index (χ1) is 16.0. The van der Waals surface area contributed by atoms with Gasteiger partial charge in [0.25, 0.3) is 0 Å². The maximum atomic E-state index is 13.1. The lowest BCUT2D eigenvalue weighted by Gasteiger charge is -2.29. The SMILES string of the molecule is Cc1cccc(CO[C@@H]2CCC[C@H](COCc3coc(-c4ccc(F)cc4)n3)C2)c1C(=O)O. The van der Waals surface area contributed by atoms with Gasteiger partial charge in [-0.3, -0.25) is 0 Å². The van der Waals surface area contributed by atoms with Gasteiger partial charge in [-0.1, -0.05) is 24.6 Å². The normalized spacial score (nSPS) is 18.4. The van der Waals surface area contributed by atoms with Crippen LogP contribution in [0, 0.1) is 18.7 Å². The van der Waals surface area contributed by atoms with Gasteiger partial charge in [-0.2, -0.15) is 0 Å². The number of carboxylic acids is 1. The van der Waals surface area contributed by atoms with Crippen LogP contribution in [-0.4, -0.2) is 28.8 Å². The fraction of sp³-hybridized carbons (Fsp3) is 0.385. The predicted molar refractivity (Wildman–Crippen MR) is 120 cm³/mol. The van der Waals surface area contributed by atoms with Crippen molar-refractivity contribution >= 4 is 5.97 Å². The summed E-state index contributed by atoms with van der Waals surface area (Å²) in [4.78, 5) is 16.0. The minimum absolute atomic E-state index is 0.0895. The van der Waals surface area contributed by atoms with E-state index in [9.17, 15) is 14.3 Å². The maximum Gasteiger partial charge on any atom is 0.336 e. The van der Waals surface area contributed by atoms with Crippen molar-refractivity contribution in [1.82, 2.24) is 4.98 Å². The van der Waals surface area contributed by atoms with E-state index in [1.165, 1.54) is 12.1 Å². The summed E-state index contributed by atoms with van der Waals surface area (Å²) < 4.78 is 30.5. The van der Waals surface area contributed by atoms with E-state index in [1.807, 2.05) is 12.1 Å². The third-order valence-corrected chi connectivity index (χ3v) is 6.03. The van der Waals surface area contributed by atoms with Crippen LogP contribution < -0.4 is 0 Å². The van der Waals surface area contributed by atoms with Crippen LogP contribution in [0.2, 0.25) is 0 Å². The van der Waals surface area contributed by atoms with Gasteiger partial charge in [-0.15, -0.1) is 0 Å². The zero-order valence-electron chi connectivity index (χ0n) is 18.6. The molecule has 0 spiro atoms. The number of carbonyl (C=O) groups is 1. The quantitative estimate of drug-likeness (QED) is 0.442. The molecule has 0 amide bonds. The highest BCUT2D eigenvalue weighted by atomic mass is 19.1. The van der Waals surface area contributed by atoms with E-state index in [0.29, 0.717) is 48.5 Å². The summed E-state index contributed by atoms with van der Waals surface area (Å²) >= 11 is 0. The van der Waals surface area contributed by atoms with Crippen molar-refractivity contribution in [3.05, 3.63) is 76.9 Å². The van der Waals surface area contributed by atoms with Crippen LogP contribution in [0.3, 0.4) is 0 Å². The van der Waals surface area contributed by atoms with Gasteiger partial charge in [0.2, 0.25) is 5.89 Å². The number of ether oxygens (including phenoxy) is 2. The van der Waals surface area contributed by atoms with Gasteiger partial charge in [0.05, 0.1) is 31.5 Å². The van der Waals surface area contributed by atoms with E-state index in [-0.39, 0.29) is 11.9 Å². The molecule has 1 saturated carbocycles. The van der Waals surface area contributed by atoms with Crippen LogP contribution in [0.1, 0.15) is 52.9 Å². The summed E-state index contributed by atoms with van der Waals surface area (Å²) in [7, 11) is 0. The van der Waals surface area contributed by atoms with Gasteiger partial charge in [-0.25, -0.2) is 14.2 Å². The topological polar surface area (TPSA) is 81.8 Å². The minimum atomic E-state index is -0.919. The Morgan fingerprint density at radius 1 is 1.18 bits per heavy atom. The summed E-state index contributed by atoms with van der Waals surface area (Å²) in [6.07, 6.45) is 5.63. The Morgan fingerprint density at radius 2 is 2.00 bits per heavy atom. The number of aromatic carboxylic acids is 1. The molecule has 174 valence electrons. The highest BCUT2D eigenvalue weighted by Crippen LogP contribution is 2.28. The first-order valence-corrected chi connectivity index (χ1v) is 11.2. The van der Waals surface area contributed by atoms with Gasteiger partial charge in [0, 0.05) is 5.56 Å². The molecule has 33 heavy (non-hydrogen) atoms. The second-order valence-electron chi connectivity index (χ2n) is 8.55. The average molecular weight is 454 g/mol. The molecule has 1 aliphatic rings. The fourth-order valence-corrected chi connectivity index (χ4v) is 4.34. The zero-order chi connectivity index (χ0) is 23.2. The number of benzene rings is 2. The van der Waals surface area contributed by atoms with Gasteiger partial charge < -0.3 is 19.0 Å². The van der Waals surface area contributed by atoms with Crippen LogP contribution in [-0.2, 0) is 22.7 Å². The number of aromatic nitrogens is 1. The third-order valence-electron chi connectivity index (χ3n) is 6.03. The molecule has 1 aromatic heterocycles. The van der Waals surface area contributed by atoms with Crippen molar-refractivity contribution in [2.45, 2.75) is 51.9 Å². The largest absolute Gasteiger partial charge is 0.478 e. The lowest BCUT2D eigenvalue weighted by Crippen LogP contribution is -2.26. The van der Waals surface area contributed by atoms with Crippen molar-refractivity contribution in [1.29, 1.82) is 0 Å². The molecule has 0 saturated heterocycles. The number of aryl methyl sites for hydroxylation is 1. The molecule has 1 N–H and O–H groups in total.